The molecule has 1 aliphatic heterocycles. The molecule has 5 heteroatoms. The maximum Gasteiger partial charge on any atom is 0.190 e. The maximum atomic E-state index is 11.8. The molecule has 2 aliphatic rings. The van der Waals surface area contributed by atoms with Gasteiger partial charge >= 0.3 is 0 Å². The van der Waals surface area contributed by atoms with E-state index < -0.39 is 11.9 Å². The zero-order valence-corrected chi connectivity index (χ0v) is 9.62. The maximum absolute atomic E-state index is 11.8. The van der Waals surface area contributed by atoms with Crippen LogP contribution in [0.5, 0.6) is 0 Å². The van der Waals surface area contributed by atoms with Crippen molar-refractivity contribution in [3.05, 3.63) is 12.2 Å². The number of Topliss-reactive ketones (excluding diaryl/α,β-unsaturated/α-hetero) is 1. The Morgan fingerprint density at radius 3 is 2.80 bits per heavy atom. The molecule has 0 spiro atoms. The number of thiol groups is 1. The van der Waals surface area contributed by atoms with Crippen molar-refractivity contribution in [3.63, 3.8) is 0 Å². The van der Waals surface area contributed by atoms with Crippen molar-refractivity contribution < 1.29 is 18.5 Å². The highest BCUT2D eigenvalue weighted by molar-refractivity contribution is 7.75. The Hall–Kier alpha value is -0.360. The molecule has 1 saturated carbocycles. The first-order valence-electron chi connectivity index (χ1n) is 4.81. The summed E-state index contributed by atoms with van der Waals surface area (Å²) in [5.41, 5.74) is 0.509. The summed E-state index contributed by atoms with van der Waals surface area (Å²) < 4.78 is 15.9. The van der Waals surface area contributed by atoms with Crippen molar-refractivity contribution >= 4 is 18.7 Å². The molecule has 0 aromatic heterocycles. The van der Waals surface area contributed by atoms with E-state index in [-0.39, 0.29) is 17.8 Å². The van der Waals surface area contributed by atoms with Gasteiger partial charge in [-0.15, -0.1) is 0 Å². The SMILES string of the molecule is C=C1C(=O)C2OC(C)(C)O[C@H]2[C@H]1COS. The van der Waals surface area contributed by atoms with Crippen LogP contribution in [0.4, 0.5) is 0 Å². The monoisotopic (exact) mass is 230 g/mol. The van der Waals surface area contributed by atoms with Gasteiger partial charge in [0.15, 0.2) is 17.7 Å². The minimum Gasteiger partial charge on any atom is -0.343 e. The van der Waals surface area contributed by atoms with Crippen molar-refractivity contribution in [2.24, 2.45) is 5.92 Å². The lowest BCUT2D eigenvalue weighted by atomic mass is 10.0. The second kappa shape index (κ2) is 3.59. The van der Waals surface area contributed by atoms with Crippen LogP contribution in [0, 0.1) is 5.92 Å². The normalized spacial score (nSPS) is 38.5. The third-order valence-electron chi connectivity index (χ3n) is 2.80. The highest BCUT2D eigenvalue weighted by atomic mass is 32.1. The van der Waals surface area contributed by atoms with E-state index >= 15 is 0 Å². The highest BCUT2D eigenvalue weighted by Gasteiger charge is 2.55. The van der Waals surface area contributed by atoms with Gasteiger partial charge in [0.25, 0.3) is 0 Å². The van der Waals surface area contributed by atoms with Crippen molar-refractivity contribution in [3.8, 4) is 0 Å². The summed E-state index contributed by atoms with van der Waals surface area (Å²) in [4.78, 5) is 11.8. The third-order valence-corrected chi connectivity index (χ3v) is 2.95. The van der Waals surface area contributed by atoms with E-state index in [4.69, 9.17) is 13.7 Å². The van der Waals surface area contributed by atoms with Gasteiger partial charge in [-0.2, -0.15) is 0 Å². The number of rotatable bonds is 2. The molecule has 15 heavy (non-hydrogen) atoms. The van der Waals surface area contributed by atoms with E-state index in [1.54, 1.807) is 13.8 Å². The third kappa shape index (κ3) is 1.73. The van der Waals surface area contributed by atoms with Gasteiger partial charge in [-0.05, 0) is 32.3 Å². The average molecular weight is 230 g/mol. The van der Waals surface area contributed by atoms with Crippen LogP contribution in [0.15, 0.2) is 12.2 Å². The van der Waals surface area contributed by atoms with Gasteiger partial charge in [-0.1, -0.05) is 6.58 Å². The van der Waals surface area contributed by atoms with E-state index in [2.05, 4.69) is 19.5 Å². The molecule has 2 rings (SSSR count). The topological polar surface area (TPSA) is 44.8 Å². The number of fused-ring (bicyclic) bond motifs is 1. The zero-order valence-electron chi connectivity index (χ0n) is 8.73. The molecule has 0 amide bonds. The van der Waals surface area contributed by atoms with Crippen LogP contribution in [0.25, 0.3) is 0 Å². The molecule has 0 bridgehead atoms. The predicted octanol–water partition coefficient (Wildman–Crippen LogP) is 1.12. The predicted molar refractivity (Wildman–Crippen MR) is 56.4 cm³/mol. The van der Waals surface area contributed by atoms with Crippen LogP contribution in [-0.4, -0.2) is 30.4 Å². The van der Waals surface area contributed by atoms with Gasteiger partial charge in [0.2, 0.25) is 0 Å². The molecule has 0 aromatic rings. The first-order valence-corrected chi connectivity index (χ1v) is 5.18. The molecule has 1 unspecified atom stereocenters. The smallest absolute Gasteiger partial charge is 0.190 e. The summed E-state index contributed by atoms with van der Waals surface area (Å²) in [6.07, 6.45) is -0.812. The van der Waals surface area contributed by atoms with Gasteiger partial charge < -0.3 is 13.7 Å². The molecule has 0 N–H and O–H groups in total. The minimum absolute atomic E-state index is 0.0824. The second-order valence-electron chi connectivity index (χ2n) is 4.31. The summed E-state index contributed by atoms with van der Waals surface area (Å²) >= 11 is 3.69. The molecule has 3 atom stereocenters. The van der Waals surface area contributed by atoms with Crippen molar-refractivity contribution in [1.29, 1.82) is 0 Å². The van der Waals surface area contributed by atoms with Crippen molar-refractivity contribution in [2.75, 3.05) is 6.61 Å². The van der Waals surface area contributed by atoms with Crippen LogP contribution < -0.4 is 0 Å². The molecule has 1 saturated heterocycles. The Labute approximate surface area is 94.2 Å². The van der Waals surface area contributed by atoms with Crippen LogP contribution in [-0.2, 0) is 18.5 Å². The first-order chi connectivity index (χ1) is 6.96. The Bertz CT molecular complexity index is 313. The molecule has 1 aliphatic carbocycles. The summed E-state index contributed by atoms with van der Waals surface area (Å²) in [6.45, 7) is 7.64. The van der Waals surface area contributed by atoms with E-state index in [0.717, 1.165) is 0 Å². The summed E-state index contributed by atoms with van der Waals surface area (Å²) in [7, 11) is 0. The number of carbonyl (C=O) groups excluding carboxylic acids is 1. The molecule has 2 fully saturated rings. The zero-order chi connectivity index (χ0) is 11.2. The van der Waals surface area contributed by atoms with Gasteiger partial charge in [-0.3, -0.25) is 4.79 Å². The highest BCUT2D eigenvalue weighted by Crippen LogP contribution is 2.41. The summed E-state index contributed by atoms with van der Waals surface area (Å²) in [6, 6.07) is 0. The number of ether oxygens (including phenoxy) is 2. The Balaban J connectivity index is 2.22. The van der Waals surface area contributed by atoms with E-state index in [1.165, 1.54) is 0 Å². The van der Waals surface area contributed by atoms with Crippen LogP contribution in [0.3, 0.4) is 0 Å². The molecule has 0 radical (unpaired) electrons. The van der Waals surface area contributed by atoms with Crippen LogP contribution in [0.2, 0.25) is 0 Å². The van der Waals surface area contributed by atoms with Crippen LogP contribution >= 0.6 is 12.9 Å². The Morgan fingerprint density at radius 2 is 2.20 bits per heavy atom. The summed E-state index contributed by atoms with van der Waals surface area (Å²) in [5.74, 6) is -0.941. The molecule has 84 valence electrons. The molecular formula is C10H14O4S. The Morgan fingerprint density at radius 1 is 1.53 bits per heavy atom. The average Bonchev–Trinajstić information content (AvgIpc) is 2.56. The fourth-order valence-corrected chi connectivity index (χ4v) is 2.29. The van der Waals surface area contributed by atoms with E-state index in [0.29, 0.717) is 12.2 Å². The van der Waals surface area contributed by atoms with Gasteiger partial charge in [0.05, 0.1) is 6.61 Å². The molecule has 0 aromatic carbocycles. The number of hydrogen-bond donors (Lipinski definition) is 1. The van der Waals surface area contributed by atoms with Gasteiger partial charge in [-0.25, -0.2) is 0 Å². The molecular weight excluding hydrogens is 216 g/mol. The largest absolute Gasteiger partial charge is 0.343 e. The van der Waals surface area contributed by atoms with Gasteiger partial charge in [0, 0.05) is 5.92 Å². The number of hydrogen-bond acceptors (Lipinski definition) is 5. The fourth-order valence-electron chi connectivity index (χ4n) is 2.13. The molecule has 1 heterocycles. The second-order valence-corrected chi connectivity index (χ2v) is 4.57. The number of carbonyl (C=O) groups is 1. The van der Waals surface area contributed by atoms with Gasteiger partial charge in [0.1, 0.15) is 6.10 Å². The van der Waals surface area contributed by atoms with E-state index in [9.17, 15) is 4.79 Å². The summed E-state index contributed by atoms with van der Waals surface area (Å²) in [5, 5.41) is 0. The van der Waals surface area contributed by atoms with Crippen molar-refractivity contribution in [1.82, 2.24) is 0 Å². The molecule has 4 nitrogen and oxygen atoms in total. The van der Waals surface area contributed by atoms with E-state index in [1.807, 2.05) is 0 Å². The quantitative estimate of drug-likeness (QED) is 0.439. The fraction of sp³-hybridized carbons (Fsp3) is 0.700. The van der Waals surface area contributed by atoms with Crippen LogP contribution in [0.1, 0.15) is 13.8 Å². The Kier molecular flexibility index (Phi) is 2.66. The first kappa shape index (κ1) is 11.1. The van der Waals surface area contributed by atoms with Crippen molar-refractivity contribution in [2.45, 2.75) is 31.8 Å². The standard InChI is InChI=1S/C10H14O4S/c1-5-6(4-12-15)8-9(7(5)11)14-10(2,3)13-8/h6,8-9,15H,1,4H2,2-3H3/t6-,8-,9?/m0/s1. The lowest BCUT2D eigenvalue weighted by Crippen LogP contribution is -2.27. The lowest BCUT2D eigenvalue weighted by molar-refractivity contribution is -0.159. The minimum atomic E-state index is -0.708. The number of ketones is 1. The lowest BCUT2D eigenvalue weighted by Gasteiger charge is -2.21.